The molecular weight excluding hydrogens is 653 g/mol. The van der Waals surface area contributed by atoms with E-state index in [0.717, 1.165) is 27.5 Å². The number of ether oxygens (including phenoxy) is 1. The topological polar surface area (TPSA) is 224 Å². The van der Waals surface area contributed by atoms with Crippen LogP contribution in [0.4, 0.5) is 4.79 Å². The van der Waals surface area contributed by atoms with Gasteiger partial charge in [0.2, 0.25) is 5.91 Å². The lowest BCUT2D eigenvalue weighted by atomic mass is 10.1. The van der Waals surface area contributed by atoms with Gasteiger partial charge in [0.05, 0.1) is 25.4 Å². The first kappa shape index (κ1) is 32.2. The molecule has 0 saturated carbocycles. The number of fused-ring (bicyclic) bond motifs is 2. The average molecular weight is 685 g/mol. The van der Waals surface area contributed by atoms with Crippen molar-refractivity contribution < 1.29 is 27.5 Å². The van der Waals surface area contributed by atoms with Crippen molar-refractivity contribution >= 4 is 56.1 Å². The van der Waals surface area contributed by atoms with Crippen LogP contribution in [0.2, 0.25) is 0 Å². The fourth-order valence-corrected chi connectivity index (χ4v) is 8.08. The largest absolute Gasteiger partial charge is 0.453 e. The minimum atomic E-state index is -4.13. The van der Waals surface area contributed by atoms with Crippen molar-refractivity contribution in [3.8, 4) is 0 Å². The Hall–Kier alpha value is -4.79. The van der Waals surface area contributed by atoms with Crippen LogP contribution < -0.4 is 10.6 Å². The van der Waals surface area contributed by atoms with Gasteiger partial charge in [0.25, 0.3) is 5.91 Å². The molecule has 0 spiro atoms. The molecule has 2 aliphatic heterocycles. The van der Waals surface area contributed by atoms with Crippen LogP contribution in [0, 0.1) is 5.41 Å². The Morgan fingerprint density at radius 3 is 2.74 bits per heavy atom. The van der Waals surface area contributed by atoms with Gasteiger partial charge in [-0.05, 0) is 13.1 Å². The third-order valence-electron chi connectivity index (χ3n) is 7.98. The molecule has 0 radical (unpaired) electrons. The maximum Gasteiger partial charge on any atom is 0.412 e. The number of likely N-dealkylation sites (N-methyl/N-ethyl adjacent to an activating group) is 1. The number of hydrogen-bond acceptors (Lipinski definition) is 13. The molecule has 1 saturated heterocycles. The number of amidine groups is 1. The summed E-state index contributed by atoms with van der Waals surface area (Å²) in [6, 6.07) is 4.02. The van der Waals surface area contributed by atoms with Gasteiger partial charge in [0.15, 0.2) is 10.8 Å². The lowest BCUT2D eigenvalue weighted by molar-refractivity contribution is -0.122. The van der Waals surface area contributed by atoms with Crippen LogP contribution in [0.25, 0.3) is 10.8 Å². The van der Waals surface area contributed by atoms with E-state index >= 15 is 0 Å². The molecule has 248 valence electrons. The van der Waals surface area contributed by atoms with Crippen molar-refractivity contribution in [2.75, 3.05) is 40.3 Å². The Morgan fingerprint density at radius 2 is 1.98 bits per heavy atom. The van der Waals surface area contributed by atoms with Crippen LogP contribution in [0.3, 0.4) is 0 Å². The van der Waals surface area contributed by atoms with Crippen LogP contribution in [-0.2, 0) is 39.3 Å². The zero-order valence-corrected chi connectivity index (χ0v) is 27.1. The maximum atomic E-state index is 13.9. The quantitative estimate of drug-likeness (QED) is 0.142. The van der Waals surface area contributed by atoms with E-state index in [-0.39, 0.29) is 50.2 Å². The molecule has 1 aromatic carbocycles. The van der Waals surface area contributed by atoms with Gasteiger partial charge in [-0.3, -0.25) is 20.3 Å². The van der Waals surface area contributed by atoms with Gasteiger partial charge in [0, 0.05) is 79.2 Å². The van der Waals surface area contributed by atoms with Gasteiger partial charge in [0.1, 0.15) is 5.84 Å². The fraction of sp³-hybridized carbons (Fsp3) is 0.407. The van der Waals surface area contributed by atoms with E-state index < -0.39 is 28.3 Å². The summed E-state index contributed by atoms with van der Waals surface area (Å²) in [6.45, 7) is 1.46. The highest BCUT2D eigenvalue weighted by Gasteiger charge is 2.39. The maximum absolute atomic E-state index is 13.9. The van der Waals surface area contributed by atoms with Crippen molar-refractivity contribution in [2.45, 2.75) is 32.0 Å². The Labute approximate surface area is 272 Å². The SMILES string of the molecule is COC(=O)NC(=N)c1ccc2cn(S(=O)(=O)N3CCN(C(=O)c4nc5c(s4)CN(C)CC5)C(CC(=O)NCc4nn[nH]n4)C3)cc2c1. The summed E-state index contributed by atoms with van der Waals surface area (Å²) < 4.78 is 34.7. The van der Waals surface area contributed by atoms with Crippen LogP contribution in [-0.4, -0.2) is 122 Å². The normalized spacial score (nSPS) is 17.3. The number of aromatic nitrogens is 6. The Kier molecular flexibility index (Phi) is 8.99. The summed E-state index contributed by atoms with van der Waals surface area (Å²) >= 11 is 1.33. The zero-order valence-electron chi connectivity index (χ0n) is 25.5. The van der Waals surface area contributed by atoms with Gasteiger partial charge in [-0.15, -0.1) is 21.5 Å². The van der Waals surface area contributed by atoms with E-state index in [9.17, 15) is 22.8 Å². The number of hydrogen-bond donors (Lipinski definition) is 4. The molecule has 20 heteroatoms. The monoisotopic (exact) mass is 684 g/mol. The molecule has 0 bridgehead atoms. The molecular formula is C27H32N12O6S2. The molecule has 4 aromatic rings. The van der Waals surface area contributed by atoms with Gasteiger partial charge in [-0.25, -0.2) is 13.8 Å². The Morgan fingerprint density at radius 1 is 1.17 bits per heavy atom. The first-order chi connectivity index (χ1) is 22.5. The lowest BCUT2D eigenvalue weighted by Crippen LogP contribution is -2.58. The molecule has 6 rings (SSSR count). The van der Waals surface area contributed by atoms with E-state index in [1.807, 2.05) is 7.05 Å². The van der Waals surface area contributed by atoms with Gasteiger partial charge in [-0.2, -0.15) is 17.9 Å². The highest BCUT2D eigenvalue weighted by molar-refractivity contribution is 7.87. The minimum absolute atomic E-state index is 0.00362. The van der Waals surface area contributed by atoms with E-state index in [0.29, 0.717) is 27.9 Å². The number of tetrazole rings is 1. The van der Waals surface area contributed by atoms with Crippen molar-refractivity contribution in [2.24, 2.45) is 0 Å². The highest BCUT2D eigenvalue weighted by Crippen LogP contribution is 2.28. The number of benzene rings is 1. The number of nitrogens with one attached hydrogen (secondary N) is 4. The summed E-state index contributed by atoms with van der Waals surface area (Å²) in [6.07, 6.45) is 2.64. The summed E-state index contributed by atoms with van der Waals surface area (Å²) in [4.78, 5) is 47.7. The number of alkyl carbamates (subject to hydrolysis) is 1. The molecule has 2 aliphatic rings. The van der Waals surface area contributed by atoms with Gasteiger partial charge in [-0.1, -0.05) is 17.3 Å². The first-order valence-corrected chi connectivity index (χ1v) is 16.8. The molecule has 3 amide bonds. The van der Waals surface area contributed by atoms with Crippen LogP contribution >= 0.6 is 11.3 Å². The second kappa shape index (κ2) is 13.1. The predicted molar refractivity (Wildman–Crippen MR) is 168 cm³/mol. The summed E-state index contributed by atoms with van der Waals surface area (Å²) in [5.41, 5.74) is 1.25. The fourth-order valence-electron chi connectivity index (χ4n) is 5.50. The number of nitrogens with zero attached hydrogens (tertiary/aromatic N) is 8. The summed E-state index contributed by atoms with van der Waals surface area (Å²) in [5.74, 6) is -0.693. The molecule has 1 atom stereocenters. The van der Waals surface area contributed by atoms with Crippen molar-refractivity contribution in [3.05, 3.63) is 57.6 Å². The third kappa shape index (κ3) is 6.84. The van der Waals surface area contributed by atoms with Crippen molar-refractivity contribution in [1.29, 1.82) is 5.41 Å². The molecule has 0 aliphatic carbocycles. The minimum Gasteiger partial charge on any atom is -0.453 e. The van der Waals surface area contributed by atoms with E-state index in [2.05, 4.69) is 45.9 Å². The Bertz CT molecular complexity index is 1940. The second-order valence-corrected chi connectivity index (χ2v) is 14.0. The van der Waals surface area contributed by atoms with Gasteiger partial charge < -0.3 is 19.9 Å². The summed E-state index contributed by atoms with van der Waals surface area (Å²) in [5, 5.41) is 28.0. The molecule has 18 nitrogen and oxygen atoms in total. The van der Waals surface area contributed by atoms with Crippen molar-refractivity contribution in [3.63, 3.8) is 0 Å². The number of piperazine rings is 1. The van der Waals surface area contributed by atoms with Crippen LogP contribution in [0.5, 0.6) is 0 Å². The number of methoxy groups -OCH3 is 1. The zero-order chi connectivity index (χ0) is 33.3. The molecule has 4 N–H and O–H groups in total. The first-order valence-electron chi connectivity index (χ1n) is 14.5. The Balaban J connectivity index is 1.23. The second-order valence-electron chi connectivity index (χ2n) is 11.1. The molecule has 5 heterocycles. The standard InChI is InChI=1S/C27H32N12O6S2/c1-36-6-5-20-21(15-36)46-25(30-20)26(41)39-8-7-37(14-19(39)10-23(40)29-11-22-32-34-35-33-22)47(43,44)38-12-17-4-3-16(9-18(17)13-38)24(28)31-27(42)45-2/h3-4,9,12-13,19H,5-8,10-11,14-15H2,1-2H3,(H,29,40)(H2,28,31,42)(H,32,33,34,35). The molecule has 1 unspecified atom stereocenters. The van der Waals surface area contributed by atoms with Crippen LogP contribution in [0.1, 0.15) is 38.2 Å². The third-order valence-corrected chi connectivity index (χ3v) is 10.8. The van der Waals surface area contributed by atoms with Crippen molar-refractivity contribution in [1.82, 2.24) is 54.3 Å². The molecule has 47 heavy (non-hydrogen) atoms. The number of thiazole rings is 1. The number of aromatic amines is 1. The number of carbonyl (C=O) groups excluding carboxylic acids is 3. The number of carbonyl (C=O) groups is 3. The number of amides is 3. The highest BCUT2D eigenvalue weighted by atomic mass is 32.2. The predicted octanol–water partition coefficient (Wildman–Crippen LogP) is -0.0938. The number of H-pyrrole nitrogens is 1. The number of rotatable bonds is 8. The van der Waals surface area contributed by atoms with Gasteiger partial charge >= 0.3 is 16.3 Å². The summed E-state index contributed by atoms with van der Waals surface area (Å²) in [7, 11) is -0.941. The van der Waals surface area contributed by atoms with E-state index in [1.165, 1.54) is 40.0 Å². The van der Waals surface area contributed by atoms with E-state index in [1.54, 1.807) is 18.2 Å². The average Bonchev–Trinajstić information content (AvgIpc) is 3.83. The van der Waals surface area contributed by atoms with E-state index in [4.69, 9.17) is 5.41 Å². The molecule has 1 fully saturated rings. The van der Waals surface area contributed by atoms with Crippen LogP contribution in [0.15, 0.2) is 30.6 Å². The lowest BCUT2D eigenvalue weighted by Gasteiger charge is -2.40. The molecule has 3 aromatic heterocycles. The smallest absolute Gasteiger partial charge is 0.412 e.